The number of aromatic nitrogens is 4. The highest BCUT2D eigenvalue weighted by molar-refractivity contribution is 5.85. The zero-order valence-corrected chi connectivity index (χ0v) is 13.4. The van der Waals surface area contributed by atoms with Gasteiger partial charge in [0, 0.05) is 18.0 Å². The molecule has 120 valence electrons. The van der Waals surface area contributed by atoms with Crippen LogP contribution in [0.1, 0.15) is 18.7 Å². The van der Waals surface area contributed by atoms with Crippen LogP contribution in [0.5, 0.6) is 0 Å². The van der Waals surface area contributed by atoms with Gasteiger partial charge in [0.15, 0.2) is 0 Å². The second-order valence-corrected chi connectivity index (χ2v) is 5.52. The lowest BCUT2D eigenvalue weighted by Crippen LogP contribution is -2.45. The molecule has 3 aromatic rings. The second kappa shape index (κ2) is 6.52. The van der Waals surface area contributed by atoms with Crippen molar-refractivity contribution in [2.45, 2.75) is 18.4 Å². The molecule has 1 fully saturated rings. The van der Waals surface area contributed by atoms with E-state index in [9.17, 15) is 0 Å². The SMILES string of the molecule is Cl.c1ccc(-c2noc(C3(n4cccn4)CCNCC3)n2)cc1. The largest absolute Gasteiger partial charge is 0.336 e. The van der Waals surface area contributed by atoms with Gasteiger partial charge in [-0.1, -0.05) is 35.5 Å². The molecule has 1 aromatic carbocycles. The van der Waals surface area contributed by atoms with Crippen LogP contribution in [0.2, 0.25) is 0 Å². The van der Waals surface area contributed by atoms with Gasteiger partial charge in [-0.2, -0.15) is 10.1 Å². The molecule has 0 spiro atoms. The van der Waals surface area contributed by atoms with Gasteiger partial charge in [-0.3, -0.25) is 4.68 Å². The van der Waals surface area contributed by atoms with E-state index in [1.807, 2.05) is 47.3 Å². The van der Waals surface area contributed by atoms with Gasteiger partial charge < -0.3 is 9.84 Å². The van der Waals surface area contributed by atoms with Crippen LogP contribution >= 0.6 is 12.4 Å². The average molecular weight is 332 g/mol. The fourth-order valence-electron chi connectivity index (χ4n) is 3.02. The molecule has 23 heavy (non-hydrogen) atoms. The Kier molecular flexibility index (Phi) is 4.45. The van der Waals surface area contributed by atoms with Gasteiger partial charge >= 0.3 is 0 Å². The summed E-state index contributed by atoms with van der Waals surface area (Å²) in [5, 5.41) is 12.0. The number of nitrogens with one attached hydrogen (secondary N) is 1. The summed E-state index contributed by atoms with van der Waals surface area (Å²) in [6, 6.07) is 11.8. The minimum absolute atomic E-state index is 0. The molecular weight excluding hydrogens is 314 g/mol. The fraction of sp³-hybridized carbons (Fsp3) is 0.312. The van der Waals surface area contributed by atoms with Crippen molar-refractivity contribution < 1.29 is 4.52 Å². The second-order valence-electron chi connectivity index (χ2n) is 5.52. The molecule has 1 saturated heterocycles. The van der Waals surface area contributed by atoms with Gasteiger partial charge in [-0.05, 0) is 32.0 Å². The van der Waals surface area contributed by atoms with Crippen LogP contribution in [0.4, 0.5) is 0 Å². The van der Waals surface area contributed by atoms with Crippen LogP contribution in [-0.2, 0) is 5.54 Å². The number of hydrogen-bond donors (Lipinski definition) is 1. The Hall–Kier alpha value is -2.18. The third kappa shape index (κ3) is 2.75. The molecule has 0 saturated carbocycles. The van der Waals surface area contributed by atoms with Crippen molar-refractivity contribution in [2.75, 3.05) is 13.1 Å². The van der Waals surface area contributed by atoms with Crippen molar-refractivity contribution in [1.29, 1.82) is 0 Å². The van der Waals surface area contributed by atoms with Gasteiger partial charge in [0.2, 0.25) is 5.82 Å². The van der Waals surface area contributed by atoms with E-state index in [1.54, 1.807) is 6.20 Å². The minimum atomic E-state index is -0.352. The highest BCUT2D eigenvalue weighted by atomic mass is 35.5. The number of rotatable bonds is 3. The lowest BCUT2D eigenvalue weighted by Gasteiger charge is -2.34. The van der Waals surface area contributed by atoms with Gasteiger partial charge in [-0.15, -0.1) is 12.4 Å². The van der Waals surface area contributed by atoms with Crippen molar-refractivity contribution >= 4 is 12.4 Å². The predicted molar refractivity (Wildman–Crippen MR) is 88.4 cm³/mol. The summed E-state index contributed by atoms with van der Waals surface area (Å²) in [7, 11) is 0. The Bertz CT molecular complexity index is 735. The molecule has 2 aromatic heterocycles. The number of benzene rings is 1. The highest BCUT2D eigenvalue weighted by Crippen LogP contribution is 2.34. The van der Waals surface area contributed by atoms with Crippen molar-refractivity contribution in [2.24, 2.45) is 0 Å². The topological polar surface area (TPSA) is 68.8 Å². The maximum absolute atomic E-state index is 5.64. The molecule has 4 rings (SSSR count). The van der Waals surface area contributed by atoms with E-state index in [-0.39, 0.29) is 17.9 Å². The molecule has 0 unspecified atom stereocenters. The molecule has 1 aliphatic rings. The quantitative estimate of drug-likeness (QED) is 0.798. The highest BCUT2D eigenvalue weighted by Gasteiger charge is 2.41. The normalized spacial score (nSPS) is 16.7. The first kappa shape index (κ1) is 15.7. The molecule has 1 aliphatic heterocycles. The average Bonchev–Trinajstić information content (AvgIpc) is 3.29. The van der Waals surface area contributed by atoms with E-state index >= 15 is 0 Å². The molecule has 0 aliphatic carbocycles. The molecule has 0 radical (unpaired) electrons. The molecule has 3 heterocycles. The van der Waals surface area contributed by atoms with E-state index in [4.69, 9.17) is 4.52 Å². The van der Waals surface area contributed by atoms with Crippen molar-refractivity contribution in [3.05, 3.63) is 54.7 Å². The van der Waals surface area contributed by atoms with E-state index in [2.05, 4.69) is 20.6 Å². The fourth-order valence-corrected chi connectivity index (χ4v) is 3.02. The smallest absolute Gasteiger partial charge is 0.255 e. The number of nitrogens with zero attached hydrogens (tertiary/aromatic N) is 4. The Morgan fingerprint density at radius 3 is 2.57 bits per heavy atom. The third-order valence-corrected chi connectivity index (χ3v) is 4.23. The molecule has 6 nitrogen and oxygen atoms in total. The summed E-state index contributed by atoms with van der Waals surface area (Å²) in [4.78, 5) is 4.67. The zero-order chi connectivity index (χ0) is 14.8. The molecule has 7 heteroatoms. The number of piperidine rings is 1. The van der Waals surface area contributed by atoms with E-state index in [0.717, 1.165) is 31.5 Å². The predicted octanol–water partition coefficient (Wildman–Crippen LogP) is 2.48. The summed E-state index contributed by atoms with van der Waals surface area (Å²) in [5.74, 6) is 1.26. The molecule has 0 bridgehead atoms. The van der Waals surface area contributed by atoms with Gasteiger partial charge in [-0.25, -0.2) is 0 Å². The summed E-state index contributed by atoms with van der Waals surface area (Å²) < 4.78 is 7.59. The van der Waals surface area contributed by atoms with Gasteiger partial charge in [0.1, 0.15) is 5.54 Å². The monoisotopic (exact) mass is 331 g/mol. The zero-order valence-electron chi connectivity index (χ0n) is 12.6. The Balaban J connectivity index is 0.00000156. The number of hydrogen-bond acceptors (Lipinski definition) is 5. The van der Waals surface area contributed by atoms with E-state index in [0.29, 0.717) is 11.7 Å². The lowest BCUT2D eigenvalue weighted by molar-refractivity contribution is 0.172. The van der Waals surface area contributed by atoms with Gasteiger partial charge in [0.25, 0.3) is 5.89 Å². The number of halogens is 1. The molecule has 0 atom stereocenters. The van der Waals surface area contributed by atoms with Crippen LogP contribution in [-0.4, -0.2) is 33.0 Å². The van der Waals surface area contributed by atoms with Crippen LogP contribution < -0.4 is 5.32 Å². The standard InChI is InChI=1S/C16H17N5O.ClH/c1-2-5-13(6-3-1)14-19-15(22-20-14)16(7-10-17-11-8-16)21-12-4-9-18-21;/h1-6,9,12,17H,7-8,10-11H2;1H. The first-order valence-corrected chi connectivity index (χ1v) is 7.49. The third-order valence-electron chi connectivity index (χ3n) is 4.23. The summed E-state index contributed by atoms with van der Waals surface area (Å²) >= 11 is 0. The first-order chi connectivity index (χ1) is 10.9. The Morgan fingerprint density at radius 1 is 1.09 bits per heavy atom. The maximum Gasteiger partial charge on any atom is 0.255 e. The summed E-state index contributed by atoms with van der Waals surface area (Å²) in [5.41, 5.74) is 0.608. The first-order valence-electron chi connectivity index (χ1n) is 7.49. The van der Waals surface area contributed by atoms with E-state index in [1.165, 1.54) is 0 Å². The van der Waals surface area contributed by atoms with E-state index < -0.39 is 0 Å². The summed E-state index contributed by atoms with van der Waals surface area (Å²) in [6.07, 6.45) is 5.52. The van der Waals surface area contributed by atoms with Crippen LogP contribution in [0.25, 0.3) is 11.4 Å². The Morgan fingerprint density at radius 2 is 1.87 bits per heavy atom. The van der Waals surface area contributed by atoms with Crippen LogP contribution in [0.15, 0.2) is 53.3 Å². The maximum atomic E-state index is 5.64. The summed E-state index contributed by atoms with van der Waals surface area (Å²) in [6.45, 7) is 1.81. The van der Waals surface area contributed by atoms with Crippen molar-refractivity contribution in [3.8, 4) is 11.4 Å². The van der Waals surface area contributed by atoms with Gasteiger partial charge in [0.05, 0.1) is 0 Å². The van der Waals surface area contributed by atoms with Crippen molar-refractivity contribution in [3.63, 3.8) is 0 Å². The van der Waals surface area contributed by atoms with Crippen molar-refractivity contribution in [1.82, 2.24) is 25.2 Å². The lowest BCUT2D eigenvalue weighted by atomic mass is 9.88. The Labute approximate surface area is 140 Å². The molecule has 0 amide bonds. The van der Waals surface area contributed by atoms with Crippen LogP contribution in [0, 0.1) is 0 Å². The van der Waals surface area contributed by atoms with Crippen LogP contribution in [0.3, 0.4) is 0 Å². The molecule has 1 N–H and O–H groups in total. The molecular formula is C16H18ClN5O. The minimum Gasteiger partial charge on any atom is -0.336 e.